The molecular formula is C8H15NOS. The topological polar surface area (TPSA) is 44.0 Å². The van der Waals surface area contributed by atoms with Gasteiger partial charge in [0.05, 0.1) is 11.8 Å². The van der Waals surface area contributed by atoms with Crippen molar-refractivity contribution in [2.24, 2.45) is 0 Å². The highest BCUT2D eigenvalue weighted by atomic mass is 32.2. The zero-order valence-corrected chi connectivity index (χ0v) is 7.57. The van der Waals surface area contributed by atoms with E-state index in [1.54, 1.807) is 11.8 Å². The summed E-state index contributed by atoms with van der Waals surface area (Å²) in [6.07, 6.45) is 4.39. The Hall–Kier alpha value is -0.200. The second kappa shape index (κ2) is 9.80. The average Bonchev–Trinajstić information content (AvgIpc) is 2.03. The Morgan fingerprint density at radius 1 is 1.18 bits per heavy atom. The van der Waals surface area contributed by atoms with Gasteiger partial charge in [-0.3, -0.25) is 0 Å². The number of rotatable bonds is 7. The summed E-state index contributed by atoms with van der Waals surface area (Å²) in [6.45, 7) is 0.311. The first kappa shape index (κ1) is 10.8. The van der Waals surface area contributed by atoms with Crippen LogP contribution < -0.4 is 0 Å². The summed E-state index contributed by atoms with van der Waals surface area (Å²) in [5.74, 6) is 1.69. The van der Waals surface area contributed by atoms with Crippen LogP contribution in [0.2, 0.25) is 0 Å². The molecule has 0 radical (unpaired) electrons. The lowest BCUT2D eigenvalue weighted by atomic mass is 10.2. The Bertz CT molecular complexity index is 111. The van der Waals surface area contributed by atoms with E-state index in [2.05, 4.69) is 6.07 Å². The van der Waals surface area contributed by atoms with Gasteiger partial charge in [0.15, 0.2) is 0 Å². The van der Waals surface area contributed by atoms with Crippen molar-refractivity contribution in [2.45, 2.75) is 25.7 Å². The van der Waals surface area contributed by atoms with Crippen LogP contribution in [0.1, 0.15) is 25.7 Å². The fourth-order valence-corrected chi connectivity index (χ4v) is 1.43. The highest BCUT2D eigenvalue weighted by Crippen LogP contribution is 2.06. The largest absolute Gasteiger partial charge is 0.396 e. The molecule has 0 atom stereocenters. The molecule has 0 aliphatic rings. The van der Waals surface area contributed by atoms with Gasteiger partial charge in [0.25, 0.3) is 0 Å². The van der Waals surface area contributed by atoms with Crippen molar-refractivity contribution in [3.8, 4) is 6.07 Å². The Labute approximate surface area is 72.6 Å². The molecular weight excluding hydrogens is 158 g/mol. The van der Waals surface area contributed by atoms with Crippen LogP contribution in [0, 0.1) is 11.3 Å². The van der Waals surface area contributed by atoms with Crippen molar-refractivity contribution in [2.75, 3.05) is 18.1 Å². The van der Waals surface area contributed by atoms with Gasteiger partial charge >= 0.3 is 0 Å². The Morgan fingerprint density at radius 3 is 2.55 bits per heavy atom. The van der Waals surface area contributed by atoms with E-state index in [1.165, 1.54) is 12.8 Å². The quantitative estimate of drug-likeness (QED) is 0.597. The molecule has 0 amide bonds. The normalized spacial score (nSPS) is 9.45. The Balaban J connectivity index is 2.75. The molecule has 0 aromatic carbocycles. The van der Waals surface area contributed by atoms with E-state index in [0.29, 0.717) is 12.4 Å². The summed E-state index contributed by atoms with van der Waals surface area (Å²) >= 11 is 1.69. The van der Waals surface area contributed by atoms with Crippen LogP contribution in [-0.4, -0.2) is 23.2 Å². The van der Waals surface area contributed by atoms with Crippen molar-refractivity contribution in [3.63, 3.8) is 0 Å². The van der Waals surface area contributed by atoms with E-state index >= 15 is 0 Å². The highest BCUT2D eigenvalue weighted by Gasteiger charge is 1.89. The molecule has 0 fully saturated rings. The molecule has 0 saturated heterocycles. The molecule has 0 saturated carbocycles. The molecule has 0 unspecified atom stereocenters. The third-order valence-corrected chi connectivity index (χ3v) is 2.27. The molecule has 0 rings (SSSR count). The summed E-state index contributed by atoms with van der Waals surface area (Å²) in [5, 5.41) is 16.7. The van der Waals surface area contributed by atoms with Crippen LogP contribution in [0.15, 0.2) is 0 Å². The zero-order chi connectivity index (χ0) is 8.36. The van der Waals surface area contributed by atoms with E-state index in [1.807, 2.05) is 0 Å². The molecule has 0 aromatic heterocycles. The molecule has 0 bridgehead atoms. The lowest BCUT2D eigenvalue weighted by Crippen LogP contribution is -1.85. The fraction of sp³-hybridized carbons (Fsp3) is 0.875. The van der Waals surface area contributed by atoms with E-state index in [4.69, 9.17) is 10.4 Å². The van der Waals surface area contributed by atoms with Crippen LogP contribution >= 0.6 is 11.8 Å². The molecule has 0 spiro atoms. The Morgan fingerprint density at radius 2 is 1.91 bits per heavy atom. The summed E-state index contributed by atoms with van der Waals surface area (Å²) < 4.78 is 0. The first-order valence-corrected chi connectivity index (χ1v) is 5.13. The lowest BCUT2D eigenvalue weighted by Gasteiger charge is -1.96. The van der Waals surface area contributed by atoms with E-state index in [9.17, 15) is 0 Å². The lowest BCUT2D eigenvalue weighted by molar-refractivity contribution is 0.283. The minimum atomic E-state index is 0.311. The SMILES string of the molecule is N#CCSCCCCCCO. The molecule has 1 N–H and O–H groups in total. The van der Waals surface area contributed by atoms with Gasteiger partial charge in [-0.25, -0.2) is 0 Å². The van der Waals surface area contributed by atoms with Crippen molar-refractivity contribution in [3.05, 3.63) is 0 Å². The van der Waals surface area contributed by atoms with Gasteiger partial charge in [-0.1, -0.05) is 12.8 Å². The number of hydrogen-bond donors (Lipinski definition) is 1. The summed E-state index contributed by atoms with van der Waals surface area (Å²) in [7, 11) is 0. The van der Waals surface area contributed by atoms with Crippen LogP contribution in [0.3, 0.4) is 0 Å². The summed E-state index contributed by atoms with van der Waals surface area (Å²) in [5.41, 5.74) is 0. The van der Waals surface area contributed by atoms with Crippen LogP contribution in [0.25, 0.3) is 0 Å². The van der Waals surface area contributed by atoms with E-state index in [-0.39, 0.29) is 0 Å². The van der Waals surface area contributed by atoms with Crippen molar-refractivity contribution in [1.82, 2.24) is 0 Å². The fourth-order valence-electron chi connectivity index (χ4n) is 0.787. The van der Waals surface area contributed by atoms with Crippen LogP contribution in [0.4, 0.5) is 0 Å². The zero-order valence-electron chi connectivity index (χ0n) is 6.75. The van der Waals surface area contributed by atoms with Gasteiger partial charge in [-0.05, 0) is 18.6 Å². The third kappa shape index (κ3) is 9.80. The maximum atomic E-state index is 8.46. The van der Waals surface area contributed by atoms with Gasteiger partial charge in [-0.15, -0.1) is 11.8 Å². The number of thioether (sulfide) groups is 1. The monoisotopic (exact) mass is 173 g/mol. The van der Waals surface area contributed by atoms with Crippen molar-refractivity contribution < 1.29 is 5.11 Å². The molecule has 64 valence electrons. The Kier molecular flexibility index (Phi) is 9.62. The van der Waals surface area contributed by atoms with Gasteiger partial charge in [-0.2, -0.15) is 5.26 Å². The first-order chi connectivity index (χ1) is 5.41. The second-order valence-corrected chi connectivity index (χ2v) is 3.45. The van der Waals surface area contributed by atoms with Crippen molar-refractivity contribution in [1.29, 1.82) is 5.26 Å². The molecule has 2 nitrogen and oxygen atoms in total. The minimum Gasteiger partial charge on any atom is -0.396 e. The molecule has 0 aromatic rings. The molecule has 0 aliphatic carbocycles. The highest BCUT2D eigenvalue weighted by molar-refractivity contribution is 7.99. The van der Waals surface area contributed by atoms with E-state index < -0.39 is 0 Å². The first-order valence-electron chi connectivity index (χ1n) is 3.97. The second-order valence-electron chi connectivity index (χ2n) is 2.35. The van der Waals surface area contributed by atoms with Gasteiger partial charge < -0.3 is 5.11 Å². The number of unbranched alkanes of at least 4 members (excludes halogenated alkanes) is 3. The third-order valence-electron chi connectivity index (χ3n) is 1.36. The number of aliphatic hydroxyl groups excluding tert-OH is 1. The molecule has 3 heteroatoms. The van der Waals surface area contributed by atoms with Crippen LogP contribution in [0.5, 0.6) is 0 Å². The molecule has 0 heterocycles. The van der Waals surface area contributed by atoms with Gasteiger partial charge in [0, 0.05) is 6.61 Å². The molecule has 11 heavy (non-hydrogen) atoms. The predicted molar refractivity (Wildman–Crippen MR) is 48.5 cm³/mol. The van der Waals surface area contributed by atoms with Gasteiger partial charge in [0.1, 0.15) is 0 Å². The summed E-state index contributed by atoms with van der Waals surface area (Å²) in [6, 6.07) is 2.09. The van der Waals surface area contributed by atoms with Crippen LogP contribution in [-0.2, 0) is 0 Å². The smallest absolute Gasteiger partial charge is 0.0808 e. The maximum absolute atomic E-state index is 8.46. The predicted octanol–water partition coefficient (Wildman–Crippen LogP) is 1.80. The number of hydrogen-bond acceptors (Lipinski definition) is 3. The van der Waals surface area contributed by atoms with Gasteiger partial charge in [0.2, 0.25) is 0 Å². The number of nitriles is 1. The number of nitrogens with zero attached hydrogens (tertiary/aromatic N) is 1. The maximum Gasteiger partial charge on any atom is 0.0808 e. The van der Waals surface area contributed by atoms with E-state index in [0.717, 1.165) is 18.6 Å². The average molecular weight is 173 g/mol. The van der Waals surface area contributed by atoms with Crippen molar-refractivity contribution >= 4 is 11.8 Å². The standard InChI is InChI=1S/C8H15NOS/c9-5-8-11-7-4-2-1-3-6-10/h10H,1-4,6-8H2. The summed E-state index contributed by atoms with van der Waals surface area (Å²) in [4.78, 5) is 0. The minimum absolute atomic E-state index is 0.311. The molecule has 0 aliphatic heterocycles. The number of aliphatic hydroxyl groups is 1.